The summed E-state index contributed by atoms with van der Waals surface area (Å²) in [6.07, 6.45) is 3.51. The Balaban J connectivity index is 2.16. The summed E-state index contributed by atoms with van der Waals surface area (Å²) in [7, 11) is 0. The van der Waals surface area contributed by atoms with Crippen LogP contribution in [0.1, 0.15) is 39.2 Å². The Hall–Kier alpha value is -1.61. The number of carbonyl (C=O) groups is 1. The first-order valence-electron chi connectivity index (χ1n) is 7.16. The number of rotatable bonds is 3. The summed E-state index contributed by atoms with van der Waals surface area (Å²) in [5.41, 5.74) is 1.16. The van der Waals surface area contributed by atoms with E-state index in [0.29, 0.717) is 0 Å². The van der Waals surface area contributed by atoms with E-state index < -0.39 is 5.60 Å². The number of benzene rings is 1. The molecule has 0 aromatic heterocycles. The molecule has 0 spiro atoms. The van der Waals surface area contributed by atoms with E-state index in [2.05, 4.69) is 0 Å². The smallest absolute Gasteiger partial charge is 0.247 e. The Morgan fingerprint density at radius 2 is 2.00 bits per heavy atom. The van der Waals surface area contributed by atoms with E-state index in [0.717, 1.165) is 30.5 Å². The van der Waals surface area contributed by atoms with Crippen LogP contribution >= 0.6 is 0 Å². The molecule has 1 unspecified atom stereocenters. The maximum Gasteiger partial charge on any atom is 0.247 e. The fourth-order valence-corrected chi connectivity index (χ4v) is 2.82. The van der Waals surface area contributed by atoms with Crippen LogP contribution in [0.25, 0.3) is 5.57 Å². The van der Waals surface area contributed by atoms with E-state index in [-0.39, 0.29) is 11.9 Å². The largest absolute Gasteiger partial charge is 0.388 e. The van der Waals surface area contributed by atoms with Gasteiger partial charge in [-0.3, -0.25) is 4.79 Å². The predicted octanol–water partition coefficient (Wildman–Crippen LogP) is 2.85. The van der Waals surface area contributed by atoms with E-state index >= 15 is 0 Å². The van der Waals surface area contributed by atoms with Gasteiger partial charge in [0.25, 0.3) is 0 Å². The summed E-state index contributed by atoms with van der Waals surface area (Å²) in [5.74, 6) is -0.00372. The van der Waals surface area contributed by atoms with Crippen LogP contribution in [-0.4, -0.2) is 34.1 Å². The second-order valence-electron chi connectivity index (χ2n) is 6.04. The molecule has 1 N–H and O–H groups in total. The first kappa shape index (κ1) is 14.8. The molecule has 0 aliphatic carbocycles. The third-order valence-corrected chi connectivity index (χ3v) is 3.92. The highest BCUT2D eigenvalue weighted by Crippen LogP contribution is 2.27. The fraction of sp³-hybridized carbons (Fsp3) is 0.471. The lowest BCUT2D eigenvalue weighted by Crippen LogP contribution is -2.47. The topological polar surface area (TPSA) is 40.5 Å². The van der Waals surface area contributed by atoms with Crippen molar-refractivity contribution in [3.05, 3.63) is 42.0 Å². The third-order valence-electron chi connectivity index (χ3n) is 3.92. The van der Waals surface area contributed by atoms with Crippen molar-refractivity contribution in [2.75, 3.05) is 6.54 Å². The molecular weight excluding hydrogens is 250 g/mol. The van der Waals surface area contributed by atoms with Gasteiger partial charge in [0, 0.05) is 12.6 Å². The number of hydrogen-bond donors (Lipinski definition) is 1. The van der Waals surface area contributed by atoms with Crippen LogP contribution in [0.4, 0.5) is 0 Å². The molecule has 0 radical (unpaired) electrons. The van der Waals surface area contributed by atoms with Crippen LogP contribution in [0.5, 0.6) is 0 Å². The lowest BCUT2D eigenvalue weighted by atomic mass is 9.96. The minimum absolute atomic E-state index is 0.00372. The number of carbonyl (C=O) groups excluding carboxylic acids is 1. The SMILES string of the molecule is C/C(=C/C(=O)N1CCCC1C(C)(C)O)c1ccccc1. The number of aliphatic hydroxyl groups is 1. The molecule has 3 heteroatoms. The molecule has 0 bridgehead atoms. The van der Waals surface area contributed by atoms with Gasteiger partial charge in [0.1, 0.15) is 0 Å². The maximum absolute atomic E-state index is 12.4. The van der Waals surface area contributed by atoms with Crippen molar-refractivity contribution in [3.8, 4) is 0 Å². The molecule has 1 aliphatic heterocycles. The van der Waals surface area contributed by atoms with Crippen molar-refractivity contribution in [1.29, 1.82) is 0 Å². The van der Waals surface area contributed by atoms with Crippen molar-refractivity contribution in [2.24, 2.45) is 0 Å². The third kappa shape index (κ3) is 3.28. The van der Waals surface area contributed by atoms with Crippen LogP contribution in [0.15, 0.2) is 36.4 Å². The minimum Gasteiger partial charge on any atom is -0.388 e. The van der Waals surface area contributed by atoms with Crippen LogP contribution in [0.3, 0.4) is 0 Å². The molecule has 1 amide bonds. The van der Waals surface area contributed by atoms with Gasteiger partial charge in [0.2, 0.25) is 5.91 Å². The van der Waals surface area contributed by atoms with Gasteiger partial charge in [0.15, 0.2) is 0 Å². The number of hydrogen-bond acceptors (Lipinski definition) is 2. The average Bonchev–Trinajstić information content (AvgIpc) is 2.89. The zero-order valence-corrected chi connectivity index (χ0v) is 12.5. The fourth-order valence-electron chi connectivity index (χ4n) is 2.82. The molecule has 1 aliphatic rings. The molecule has 108 valence electrons. The highest BCUT2D eigenvalue weighted by Gasteiger charge is 2.37. The second kappa shape index (κ2) is 5.80. The van der Waals surface area contributed by atoms with Crippen LogP contribution < -0.4 is 0 Å². The van der Waals surface area contributed by atoms with Crippen LogP contribution in [0, 0.1) is 0 Å². The van der Waals surface area contributed by atoms with Crippen molar-refractivity contribution in [1.82, 2.24) is 4.90 Å². The lowest BCUT2D eigenvalue weighted by molar-refractivity contribution is -0.131. The lowest BCUT2D eigenvalue weighted by Gasteiger charge is -2.33. The maximum atomic E-state index is 12.4. The molecule has 0 saturated carbocycles. The van der Waals surface area contributed by atoms with E-state index in [9.17, 15) is 9.90 Å². The number of likely N-dealkylation sites (tertiary alicyclic amines) is 1. The van der Waals surface area contributed by atoms with E-state index in [1.165, 1.54) is 0 Å². The van der Waals surface area contributed by atoms with Gasteiger partial charge >= 0.3 is 0 Å². The standard InChI is InChI=1S/C17H23NO2/c1-13(14-8-5-4-6-9-14)12-16(19)18-11-7-10-15(18)17(2,3)20/h4-6,8-9,12,15,20H,7,10-11H2,1-3H3/b13-12-. The molecule has 1 aromatic rings. The highest BCUT2D eigenvalue weighted by molar-refractivity contribution is 5.95. The molecule has 1 fully saturated rings. The Kier molecular flexibility index (Phi) is 4.29. The van der Waals surface area contributed by atoms with Crippen molar-refractivity contribution in [3.63, 3.8) is 0 Å². The summed E-state index contributed by atoms with van der Waals surface area (Å²) in [4.78, 5) is 14.2. The molecule has 1 saturated heterocycles. The molecule has 1 aromatic carbocycles. The molecule has 3 nitrogen and oxygen atoms in total. The monoisotopic (exact) mass is 273 g/mol. The minimum atomic E-state index is -0.847. The summed E-state index contributed by atoms with van der Waals surface area (Å²) in [6.45, 7) is 6.22. The van der Waals surface area contributed by atoms with Crippen LogP contribution in [0.2, 0.25) is 0 Å². The van der Waals surface area contributed by atoms with E-state index in [1.54, 1.807) is 24.8 Å². The first-order valence-corrected chi connectivity index (χ1v) is 7.16. The normalized spacial score (nSPS) is 20.3. The van der Waals surface area contributed by atoms with Gasteiger partial charge in [-0.15, -0.1) is 0 Å². The summed E-state index contributed by atoms with van der Waals surface area (Å²) < 4.78 is 0. The van der Waals surface area contributed by atoms with Crippen molar-refractivity contribution >= 4 is 11.5 Å². The van der Waals surface area contributed by atoms with Gasteiger partial charge in [-0.05, 0) is 44.7 Å². The van der Waals surface area contributed by atoms with Gasteiger partial charge in [0.05, 0.1) is 11.6 Å². The zero-order valence-electron chi connectivity index (χ0n) is 12.5. The van der Waals surface area contributed by atoms with Gasteiger partial charge in [-0.1, -0.05) is 30.3 Å². The predicted molar refractivity (Wildman–Crippen MR) is 81.1 cm³/mol. The highest BCUT2D eigenvalue weighted by atomic mass is 16.3. The molecule has 1 heterocycles. The summed E-state index contributed by atoms with van der Waals surface area (Å²) in [6, 6.07) is 9.80. The summed E-state index contributed by atoms with van der Waals surface area (Å²) in [5, 5.41) is 10.2. The molecular formula is C17H23NO2. The van der Waals surface area contributed by atoms with Gasteiger partial charge in [-0.2, -0.15) is 0 Å². The Labute approximate surface area is 120 Å². The quantitative estimate of drug-likeness (QED) is 0.860. The number of allylic oxidation sites excluding steroid dienone is 1. The summed E-state index contributed by atoms with van der Waals surface area (Å²) >= 11 is 0. The molecule has 2 rings (SSSR count). The van der Waals surface area contributed by atoms with Crippen molar-refractivity contribution in [2.45, 2.75) is 45.3 Å². The van der Waals surface area contributed by atoms with Crippen LogP contribution in [-0.2, 0) is 4.79 Å². The Morgan fingerprint density at radius 1 is 1.35 bits per heavy atom. The Morgan fingerprint density at radius 3 is 2.60 bits per heavy atom. The Bertz CT molecular complexity index is 499. The van der Waals surface area contributed by atoms with E-state index in [1.807, 2.05) is 37.3 Å². The molecule has 1 atom stereocenters. The van der Waals surface area contributed by atoms with Crippen molar-refractivity contribution < 1.29 is 9.90 Å². The van der Waals surface area contributed by atoms with E-state index in [4.69, 9.17) is 0 Å². The molecule has 20 heavy (non-hydrogen) atoms. The number of amides is 1. The zero-order chi connectivity index (χ0) is 14.8. The second-order valence-corrected chi connectivity index (χ2v) is 6.04. The number of nitrogens with zero attached hydrogens (tertiary/aromatic N) is 1. The van der Waals surface area contributed by atoms with Gasteiger partial charge < -0.3 is 10.0 Å². The van der Waals surface area contributed by atoms with Gasteiger partial charge in [-0.25, -0.2) is 0 Å². The first-order chi connectivity index (χ1) is 9.39. The average molecular weight is 273 g/mol.